The predicted octanol–water partition coefficient (Wildman–Crippen LogP) is 3.46. The molecule has 9 heteroatoms. The lowest BCUT2D eigenvalue weighted by Gasteiger charge is -2.41. The molecule has 0 spiro atoms. The number of methoxy groups -OCH3 is 1. The number of hydrogen-bond acceptors (Lipinski definition) is 6. The summed E-state index contributed by atoms with van der Waals surface area (Å²) in [5.74, 6) is 0.968. The summed E-state index contributed by atoms with van der Waals surface area (Å²) < 4.78 is 5.05. The van der Waals surface area contributed by atoms with Gasteiger partial charge in [-0.2, -0.15) is 0 Å². The number of benzene rings is 1. The van der Waals surface area contributed by atoms with E-state index < -0.39 is 0 Å². The third kappa shape index (κ3) is 5.45. The summed E-state index contributed by atoms with van der Waals surface area (Å²) in [5.41, 5.74) is 10.8. The van der Waals surface area contributed by atoms with Crippen LogP contribution in [-0.2, 0) is 14.3 Å². The van der Waals surface area contributed by atoms with E-state index >= 15 is 0 Å². The molecule has 1 saturated heterocycles. The number of ether oxygens (including phenoxy) is 1. The first kappa shape index (κ1) is 24.3. The highest BCUT2D eigenvalue weighted by Gasteiger charge is 2.32. The van der Waals surface area contributed by atoms with Crippen LogP contribution in [-0.4, -0.2) is 67.0 Å². The summed E-state index contributed by atoms with van der Waals surface area (Å²) >= 11 is 5.63. The van der Waals surface area contributed by atoms with Crippen LogP contribution in [0.2, 0.25) is 0 Å². The molecule has 0 radical (unpaired) electrons. The number of nitrogens with two attached hydrogens (primary N) is 1. The monoisotopic (exact) mass is 485 g/mol. The number of pyridine rings is 1. The Kier molecular flexibility index (Phi) is 7.58. The number of piperazine rings is 1. The van der Waals surface area contributed by atoms with Crippen LogP contribution in [0.15, 0.2) is 30.3 Å². The van der Waals surface area contributed by atoms with Crippen LogP contribution >= 0.6 is 11.6 Å². The van der Waals surface area contributed by atoms with Gasteiger partial charge in [0, 0.05) is 50.0 Å². The maximum absolute atomic E-state index is 12.5. The van der Waals surface area contributed by atoms with E-state index in [1.54, 1.807) is 7.11 Å². The number of rotatable bonds is 8. The van der Waals surface area contributed by atoms with Crippen LogP contribution in [0.5, 0.6) is 0 Å². The fraction of sp³-hybridized carbons (Fsp3) is 0.480. The minimum absolute atomic E-state index is 0.0607. The zero-order chi connectivity index (χ0) is 24.2. The van der Waals surface area contributed by atoms with Crippen LogP contribution in [0, 0.1) is 0 Å². The van der Waals surface area contributed by atoms with E-state index in [-0.39, 0.29) is 23.7 Å². The molecule has 0 unspecified atom stereocenters. The van der Waals surface area contributed by atoms with Gasteiger partial charge in [-0.1, -0.05) is 12.1 Å². The van der Waals surface area contributed by atoms with E-state index in [0.29, 0.717) is 50.0 Å². The summed E-state index contributed by atoms with van der Waals surface area (Å²) in [7, 11) is 1.61. The lowest BCUT2D eigenvalue weighted by Crippen LogP contribution is -2.54. The summed E-state index contributed by atoms with van der Waals surface area (Å²) in [5, 5.41) is 2.80. The van der Waals surface area contributed by atoms with Crippen molar-refractivity contribution in [2.75, 3.05) is 55.2 Å². The van der Waals surface area contributed by atoms with Gasteiger partial charge in [0.1, 0.15) is 5.88 Å². The number of hydrogen-bond donors (Lipinski definition) is 2. The smallest absolute Gasteiger partial charge is 0.239 e. The van der Waals surface area contributed by atoms with Gasteiger partial charge < -0.3 is 25.6 Å². The van der Waals surface area contributed by atoms with E-state index in [2.05, 4.69) is 17.1 Å². The molecule has 8 nitrogen and oxygen atoms in total. The second-order valence-corrected chi connectivity index (χ2v) is 9.26. The Labute approximate surface area is 205 Å². The van der Waals surface area contributed by atoms with E-state index in [1.807, 2.05) is 35.2 Å². The maximum Gasteiger partial charge on any atom is 0.239 e. The molecular weight excluding hydrogens is 454 g/mol. The third-order valence-corrected chi connectivity index (χ3v) is 6.61. The van der Waals surface area contributed by atoms with E-state index in [9.17, 15) is 9.59 Å². The van der Waals surface area contributed by atoms with Gasteiger partial charge in [0.2, 0.25) is 11.8 Å². The number of carbonyl (C=O) groups is 2. The molecule has 182 valence electrons. The van der Waals surface area contributed by atoms with Gasteiger partial charge in [-0.05, 0) is 43.5 Å². The molecule has 1 aliphatic heterocycles. The maximum atomic E-state index is 12.5. The van der Waals surface area contributed by atoms with Crippen molar-refractivity contribution in [2.45, 2.75) is 38.1 Å². The van der Waals surface area contributed by atoms with Gasteiger partial charge in [0.15, 0.2) is 5.82 Å². The second-order valence-electron chi connectivity index (χ2n) is 9.00. The molecule has 1 aliphatic carbocycles. The predicted molar refractivity (Wildman–Crippen MR) is 135 cm³/mol. The van der Waals surface area contributed by atoms with Crippen molar-refractivity contribution in [3.8, 4) is 11.1 Å². The van der Waals surface area contributed by atoms with Gasteiger partial charge in [-0.15, -0.1) is 11.6 Å². The lowest BCUT2D eigenvalue weighted by molar-refractivity contribution is -0.134. The molecule has 4 rings (SSSR count). The molecule has 0 bridgehead atoms. The molecule has 2 aromatic rings. The fourth-order valence-corrected chi connectivity index (χ4v) is 4.56. The summed E-state index contributed by atoms with van der Waals surface area (Å²) in [4.78, 5) is 33.4. The number of halogens is 1. The molecule has 3 N–H and O–H groups in total. The topological polar surface area (TPSA) is 101 Å². The molecule has 2 aliphatic rings. The quantitative estimate of drug-likeness (QED) is 0.555. The molecule has 2 heterocycles. The highest BCUT2D eigenvalue weighted by Crippen LogP contribution is 2.45. The SMILES string of the molecule is COCCC(=O)N1CCN(c2nc(C3CC3)c(-c3cccc(NC(=O)CCl)c3)cc2N)C[C@H]1C. The van der Waals surface area contributed by atoms with Crippen molar-refractivity contribution in [1.29, 1.82) is 0 Å². The third-order valence-electron chi connectivity index (χ3n) is 6.37. The van der Waals surface area contributed by atoms with Crippen LogP contribution in [0.4, 0.5) is 17.2 Å². The summed E-state index contributed by atoms with van der Waals surface area (Å²) in [6.07, 6.45) is 2.60. The minimum Gasteiger partial charge on any atom is -0.396 e. The number of carbonyl (C=O) groups excluding carboxylic acids is 2. The normalized spacial score (nSPS) is 18.1. The van der Waals surface area contributed by atoms with Crippen molar-refractivity contribution in [3.05, 3.63) is 36.0 Å². The zero-order valence-electron chi connectivity index (χ0n) is 19.7. The number of alkyl halides is 1. The van der Waals surface area contributed by atoms with Gasteiger partial charge in [0.05, 0.1) is 24.4 Å². The largest absolute Gasteiger partial charge is 0.396 e. The molecule has 1 saturated carbocycles. The molecule has 1 aromatic carbocycles. The van der Waals surface area contributed by atoms with Crippen molar-refractivity contribution in [2.24, 2.45) is 0 Å². The van der Waals surface area contributed by atoms with Crippen molar-refractivity contribution in [3.63, 3.8) is 0 Å². The van der Waals surface area contributed by atoms with E-state index in [4.69, 9.17) is 27.1 Å². The molecule has 34 heavy (non-hydrogen) atoms. The number of amides is 2. The number of nitrogen functional groups attached to an aromatic ring is 1. The standard InChI is InChI=1S/C25H32ClN5O3/c1-16-15-30(9-10-31(16)23(33)8-11-34-2)25-21(27)13-20(24(29-25)17-6-7-17)18-4-3-5-19(12-18)28-22(32)14-26/h3-5,12-13,16-17H,6-11,14-15,27H2,1-2H3,(H,28,32)/t16-/m1/s1. The fourth-order valence-electron chi connectivity index (χ4n) is 4.50. The molecular formula is C25H32ClN5O3. The number of nitrogens with zero attached hydrogens (tertiary/aromatic N) is 3. The summed E-state index contributed by atoms with van der Waals surface area (Å²) in [6.45, 7) is 4.49. The molecule has 1 atom stereocenters. The zero-order valence-corrected chi connectivity index (χ0v) is 20.5. The highest BCUT2D eigenvalue weighted by atomic mass is 35.5. The van der Waals surface area contributed by atoms with Crippen molar-refractivity contribution in [1.82, 2.24) is 9.88 Å². The van der Waals surface area contributed by atoms with Crippen molar-refractivity contribution >= 4 is 40.6 Å². The van der Waals surface area contributed by atoms with E-state index in [1.165, 1.54) is 0 Å². The molecule has 1 aromatic heterocycles. The Morgan fingerprint density at radius 2 is 2.06 bits per heavy atom. The van der Waals surface area contributed by atoms with Crippen LogP contribution in [0.3, 0.4) is 0 Å². The number of nitrogens with one attached hydrogen (secondary N) is 1. The van der Waals surface area contributed by atoms with Gasteiger partial charge in [0.25, 0.3) is 0 Å². The average Bonchev–Trinajstić information content (AvgIpc) is 3.67. The first-order chi connectivity index (χ1) is 16.4. The molecule has 2 fully saturated rings. The Morgan fingerprint density at radius 3 is 2.74 bits per heavy atom. The molecule has 2 amide bonds. The Hall–Kier alpha value is -2.84. The first-order valence-corrected chi connectivity index (χ1v) is 12.2. The highest BCUT2D eigenvalue weighted by molar-refractivity contribution is 6.29. The van der Waals surface area contributed by atoms with Crippen molar-refractivity contribution < 1.29 is 14.3 Å². The first-order valence-electron chi connectivity index (χ1n) is 11.7. The number of aromatic nitrogens is 1. The van der Waals surface area contributed by atoms with Gasteiger partial charge in [-0.25, -0.2) is 4.98 Å². The average molecular weight is 486 g/mol. The summed E-state index contributed by atoms with van der Waals surface area (Å²) in [6, 6.07) is 9.74. The Morgan fingerprint density at radius 1 is 1.26 bits per heavy atom. The van der Waals surface area contributed by atoms with Crippen LogP contribution < -0.4 is 16.0 Å². The lowest BCUT2D eigenvalue weighted by atomic mass is 9.99. The van der Waals surface area contributed by atoms with Crippen LogP contribution in [0.1, 0.15) is 37.8 Å². The van der Waals surface area contributed by atoms with Gasteiger partial charge in [-0.3, -0.25) is 9.59 Å². The van der Waals surface area contributed by atoms with Crippen LogP contribution in [0.25, 0.3) is 11.1 Å². The second kappa shape index (κ2) is 10.6. The van der Waals surface area contributed by atoms with Gasteiger partial charge >= 0.3 is 0 Å². The Balaban J connectivity index is 1.58. The number of anilines is 3. The minimum atomic E-state index is -0.247. The van der Waals surface area contributed by atoms with E-state index in [0.717, 1.165) is 35.5 Å². The Bertz CT molecular complexity index is 1060.